The summed E-state index contributed by atoms with van der Waals surface area (Å²) in [6, 6.07) is 9.09. The molecule has 1 amide bonds. The number of Topliss-reactive ketones (excluding diaryl/α,β-unsaturated/α-hetero) is 1. The number of benzene rings is 1. The Kier molecular flexibility index (Phi) is 6.72. The molecule has 4 nitrogen and oxygen atoms in total. The number of aliphatic hydroxyl groups excluding tert-OH is 1. The SMILES string of the molecule is O=C(CCCC(=O)c1ccccc1)NCCCO. The van der Waals surface area contributed by atoms with Gasteiger partial charge in [-0.1, -0.05) is 30.3 Å². The molecule has 0 aromatic heterocycles. The highest BCUT2D eigenvalue weighted by Gasteiger charge is 2.06. The van der Waals surface area contributed by atoms with Gasteiger partial charge in [0.1, 0.15) is 0 Å². The minimum atomic E-state index is -0.0655. The molecule has 0 spiro atoms. The third-order valence-corrected chi connectivity index (χ3v) is 2.56. The van der Waals surface area contributed by atoms with Gasteiger partial charge in [-0.15, -0.1) is 0 Å². The molecule has 0 aliphatic rings. The van der Waals surface area contributed by atoms with Gasteiger partial charge in [-0.3, -0.25) is 9.59 Å². The van der Waals surface area contributed by atoms with Gasteiger partial charge in [-0.25, -0.2) is 0 Å². The van der Waals surface area contributed by atoms with Crippen LogP contribution in [0.15, 0.2) is 30.3 Å². The van der Waals surface area contributed by atoms with E-state index in [9.17, 15) is 9.59 Å². The summed E-state index contributed by atoms with van der Waals surface area (Å²) >= 11 is 0. The number of carbonyl (C=O) groups is 2. The number of rotatable bonds is 8. The van der Waals surface area contributed by atoms with Crippen LogP contribution in [-0.2, 0) is 4.79 Å². The Balaban J connectivity index is 2.18. The van der Waals surface area contributed by atoms with Crippen LogP contribution in [0.3, 0.4) is 0 Å². The minimum absolute atomic E-state index is 0.0655. The van der Waals surface area contributed by atoms with Crippen molar-refractivity contribution in [3.63, 3.8) is 0 Å². The van der Waals surface area contributed by atoms with Crippen LogP contribution in [0, 0.1) is 0 Å². The van der Waals surface area contributed by atoms with Crippen LogP contribution in [0.25, 0.3) is 0 Å². The van der Waals surface area contributed by atoms with Crippen molar-refractivity contribution < 1.29 is 14.7 Å². The van der Waals surface area contributed by atoms with Crippen molar-refractivity contribution in [1.29, 1.82) is 0 Å². The zero-order chi connectivity index (χ0) is 13.2. The number of ketones is 1. The van der Waals surface area contributed by atoms with E-state index in [1.54, 1.807) is 12.1 Å². The first-order valence-electron chi connectivity index (χ1n) is 6.20. The lowest BCUT2D eigenvalue weighted by molar-refractivity contribution is -0.121. The molecular formula is C14H19NO3. The summed E-state index contributed by atoms with van der Waals surface area (Å²) < 4.78 is 0. The Bertz CT molecular complexity index is 376. The maximum Gasteiger partial charge on any atom is 0.220 e. The predicted molar refractivity (Wildman–Crippen MR) is 69.3 cm³/mol. The van der Waals surface area contributed by atoms with E-state index in [0.717, 1.165) is 0 Å². The molecule has 0 unspecified atom stereocenters. The third-order valence-electron chi connectivity index (χ3n) is 2.56. The molecule has 0 bridgehead atoms. The van der Waals surface area contributed by atoms with Gasteiger partial charge < -0.3 is 10.4 Å². The lowest BCUT2D eigenvalue weighted by atomic mass is 10.1. The molecule has 1 aromatic rings. The van der Waals surface area contributed by atoms with E-state index in [1.807, 2.05) is 18.2 Å². The maximum absolute atomic E-state index is 11.7. The summed E-state index contributed by atoms with van der Waals surface area (Å²) in [6.07, 6.45) is 1.86. The highest BCUT2D eigenvalue weighted by Crippen LogP contribution is 2.06. The van der Waals surface area contributed by atoms with Crippen LogP contribution in [0.1, 0.15) is 36.0 Å². The topological polar surface area (TPSA) is 66.4 Å². The monoisotopic (exact) mass is 249 g/mol. The normalized spacial score (nSPS) is 10.1. The van der Waals surface area contributed by atoms with Gasteiger partial charge >= 0.3 is 0 Å². The summed E-state index contributed by atoms with van der Waals surface area (Å²) in [4.78, 5) is 23.1. The number of aliphatic hydroxyl groups is 1. The maximum atomic E-state index is 11.7. The van der Waals surface area contributed by atoms with Gasteiger partial charge in [0.2, 0.25) is 5.91 Å². The second kappa shape index (κ2) is 8.42. The molecule has 0 fully saturated rings. The molecule has 0 atom stereocenters. The van der Waals surface area contributed by atoms with Gasteiger partial charge in [-0.2, -0.15) is 0 Å². The molecule has 0 saturated carbocycles. The molecule has 2 N–H and O–H groups in total. The van der Waals surface area contributed by atoms with Gasteiger partial charge in [0.05, 0.1) is 0 Å². The van der Waals surface area contributed by atoms with Crippen LogP contribution >= 0.6 is 0 Å². The summed E-state index contributed by atoms with van der Waals surface area (Å²) in [5.41, 5.74) is 0.693. The molecule has 4 heteroatoms. The molecule has 0 aliphatic carbocycles. The molecule has 18 heavy (non-hydrogen) atoms. The van der Waals surface area contributed by atoms with Crippen molar-refractivity contribution in [3.8, 4) is 0 Å². The zero-order valence-corrected chi connectivity index (χ0v) is 10.4. The first kappa shape index (κ1) is 14.4. The van der Waals surface area contributed by atoms with Gasteiger partial charge in [0, 0.05) is 31.6 Å². The summed E-state index contributed by atoms with van der Waals surface area (Å²) in [5.74, 6) is 0.00284. The van der Waals surface area contributed by atoms with Gasteiger partial charge in [-0.05, 0) is 12.8 Å². The minimum Gasteiger partial charge on any atom is -0.396 e. The van der Waals surface area contributed by atoms with Crippen LogP contribution in [0.5, 0.6) is 0 Å². The molecule has 98 valence electrons. The Morgan fingerprint density at radius 1 is 1.06 bits per heavy atom. The number of carbonyl (C=O) groups excluding carboxylic acids is 2. The Hall–Kier alpha value is -1.68. The van der Waals surface area contributed by atoms with E-state index >= 15 is 0 Å². The van der Waals surface area contributed by atoms with Crippen LogP contribution in [0.4, 0.5) is 0 Å². The summed E-state index contributed by atoms with van der Waals surface area (Å²) in [6.45, 7) is 0.564. The highest BCUT2D eigenvalue weighted by molar-refractivity contribution is 5.96. The fourth-order valence-corrected chi connectivity index (χ4v) is 1.57. The Morgan fingerprint density at radius 2 is 1.78 bits per heavy atom. The van der Waals surface area contributed by atoms with Crippen molar-refractivity contribution in [2.45, 2.75) is 25.7 Å². The summed E-state index contributed by atoms with van der Waals surface area (Å²) in [7, 11) is 0. The van der Waals surface area contributed by atoms with Crippen molar-refractivity contribution >= 4 is 11.7 Å². The van der Waals surface area contributed by atoms with E-state index in [0.29, 0.717) is 37.8 Å². The van der Waals surface area contributed by atoms with Crippen LogP contribution < -0.4 is 5.32 Å². The summed E-state index contributed by atoms with van der Waals surface area (Å²) in [5, 5.41) is 11.2. The third kappa shape index (κ3) is 5.59. The first-order chi connectivity index (χ1) is 8.74. The molecule has 0 saturated heterocycles. The van der Waals surface area contributed by atoms with Crippen molar-refractivity contribution in [2.75, 3.05) is 13.2 Å². The van der Waals surface area contributed by atoms with Gasteiger partial charge in [0.15, 0.2) is 5.78 Å². The number of hydrogen-bond acceptors (Lipinski definition) is 3. The highest BCUT2D eigenvalue weighted by atomic mass is 16.3. The van der Waals surface area contributed by atoms with Crippen molar-refractivity contribution in [3.05, 3.63) is 35.9 Å². The molecule has 0 aliphatic heterocycles. The van der Waals surface area contributed by atoms with Gasteiger partial charge in [0.25, 0.3) is 0 Å². The average molecular weight is 249 g/mol. The van der Waals surface area contributed by atoms with E-state index in [1.165, 1.54) is 0 Å². The van der Waals surface area contributed by atoms with Crippen LogP contribution in [-0.4, -0.2) is 29.9 Å². The van der Waals surface area contributed by atoms with E-state index in [-0.39, 0.29) is 18.3 Å². The second-order valence-corrected chi connectivity index (χ2v) is 4.07. The molecular weight excluding hydrogens is 230 g/mol. The zero-order valence-electron chi connectivity index (χ0n) is 10.4. The lowest BCUT2D eigenvalue weighted by Crippen LogP contribution is -2.24. The molecule has 1 rings (SSSR count). The fraction of sp³-hybridized carbons (Fsp3) is 0.429. The Morgan fingerprint density at radius 3 is 2.44 bits per heavy atom. The Labute approximate surface area is 107 Å². The largest absolute Gasteiger partial charge is 0.396 e. The lowest BCUT2D eigenvalue weighted by Gasteiger charge is -2.03. The number of nitrogens with one attached hydrogen (secondary N) is 1. The number of hydrogen-bond donors (Lipinski definition) is 2. The quantitative estimate of drug-likeness (QED) is 0.542. The molecule has 0 radical (unpaired) electrons. The average Bonchev–Trinajstić information content (AvgIpc) is 2.40. The molecule has 0 heterocycles. The molecule has 1 aromatic carbocycles. The predicted octanol–water partition coefficient (Wildman–Crippen LogP) is 1.54. The van der Waals surface area contributed by atoms with Crippen molar-refractivity contribution in [2.24, 2.45) is 0 Å². The fourth-order valence-electron chi connectivity index (χ4n) is 1.57. The van der Waals surface area contributed by atoms with E-state index < -0.39 is 0 Å². The second-order valence-electron chi connectivity index (χ2n) is 4.07. The van der Waals surface area contributed by atoms with E-state index in [4.69, 9.17) is 5.11 Å². The van der Waals surface area contributed by atoms with Crippen molar-refractivity contribution in [1.82, 2.24) is 5.32 Å². The van der Waals surface area contributed by atoms with E-state index in [2.05, 4.69) is 5.32 Å². The first-order valence-corrected chi connectivity index (χ1v) is 6.20. The standard InChI is InChI=1S/C14H19NO3/c16-11-5-10-15-14(18)9-4-8-13(17)12-6-2-1-3-7-12/h1-3,6-7,16H,4-5,8-11H2,(H,15,18). The van der Waals surface area contributed by atoms with Crippen LogP contribution in [0.2, 0.25) is 0 Å². The smallest absolute Gasteiger partial charge is 0.220 e. The number of amides is 1.